The van der Waals surface area contributed by atoms with E-state index in [0.717, 1.165) is 18.4 Å². The number of hydrogen-bond donors (Lipinski definition) is 1. The van der Waals surface area contributed by atoms with Gasteiger partial charge in [-0.2, -0.15) is 0 Å². The van der Waals surface area contributed by atoms with E-state index in [4.69, 9.17) is 0 Å². The number of rotatable bonds is 3. The maximum atomic E-state index is 13.7. The number of carbonyl (C=O) groups excluding carboxylic acids is 1. The van der Waals surface area contributed by atoms with E-state index in [1.807, 2.05) is 13.8 Å². The quantitative estimate of drug-likeness (QED) is 0.856. The minimum atomic E-state index is -0.294. The molecule has 0 atom stereocenters. The lowest BCUT2D eigenvalue weighted by Crippen LogP contribution is -2.25. The molecular formula is C14H18FNO. The molecule has 1 amide bonds. The Balaban J connectivity index is 2.30. The molecule has 0 heterocycles. The van der Waals surface area contributed by atoms with Crippen LogP contribution >= 0.6 is 0 Å². The number of hydrogen-bond acceptors (Lipinski definition) is 1. The Morgan fingerprint density at radius 1 is 1.41 bits per heavy atom. The molecule has 0 saturated heterocycles. The van der Waals surface area contributed by atoms with Crippen LogP contribution in [-0.2, 0) is 0 Å². The van der Waals surface area contributed by atoms with Gasteiger partial charge < -0.3 is 5.32 Å². The molecule has 92 valence electrons. The van der Waals surface area contributed by atoms with Crippen molar-refractivity contribution in [3.8, 4) is 0 Å². The van der Waals surface area contributed by atoms with Crippen LogP contribution < -0.4 is 5.32 Å². The Kier molecular flexibility index (Phi) is 3.18. The fourth-order valence-corrected chi connectivity index (χ4v) is 1.93. The monoisotopic (exact) mass is 235 g/mol. The van der Waals surface area contributed by atoms with Crippen LogP contribution in [0.4, 0.5) is 4.39 Å². The summed E-state index contributed by atoms with van der Waals surface area (Å²) in [5.41, 5.74) is 1.98. The predicted octanol–water partition coefficient (Wildman–Crippen LogP) is 3.15. The van der Waals surface area contributed by atoms with Gasteiger partial charge in [-0.1, -0.05) is 13.8 Å². The van der Waals surface area contributed by atoms with Crippen molar-refractivity contribution in [2.45, 2.75) is 45.6 Å². The molecule has 1 fully saturated rings. The van der Waals surface area contributed by atoms with Gasteiger partial charge >= 0.3 is 0 Å². The largest absolute Gasteiger partial charge is 0.349 e. The molecule has 1 saturated carbocycles. The van der Waals surface area contributed by atoms with Gasteiger partial charge in [-0.3, -0.25) is 4.79 Å². The molecule has 0 spiro atoms. The zero-order chi connectivity index (χ0) is 12.6. The highest BCUT2D eigenvalue weighted by Crippen LogP contribution is 2.24. The zero-order valence-corrected chi connectivity index (χ0v) is 10.5. The van der Waals surface area contributed by atoms with Crippen molar-refractivity contribution in [1.82, 2.24) is 5.32 Å². The minimum Gasteiger partial charge on any atom is -0.349 e. The van der Waals surface area contributed by atoms with Crippen LogP contribution in [0.2, 0.25) is 0 Å². The van der Waals surface area contributed by atoms with E-state index in [2.05, 4.69) is 5.32 Å². The van der Waals surface area contributed by atoms with Gasteiger partial charge in [0.15, 0.2) is 0 Å². The lowest BCUT2D eigenvalue weighted by atomic mass is 9.95. The zero-order valence-electron chi connectivity index (χ0n) is 10.5. The number of nitrogens with one attached hydrogen (secondary N) is 1. The maximum absolute atomic E-state index is 13.7. The Morgan fingerprint density at radius 2 is 2.06 bits per heavy atom. The van der Waals surface area contributed by atoms with Crippen LogP contribution in [0.15, 0.2) is 12.1 Å². The van der Waals surface area contributed by atoms with Crippen molar-refractivity contribution < 1.29 is 9.18 Å². The first-order valence-electron chi connectivity index (χ1n) is 6.10. The molecule has 0 bridgehead atoms. The van der Waals surface area contributed by atoms with Crippen LogP contribution in [0, 0.1) is 12.7 Å². The van der Waals surface area contributed by atoms with Gasteiger partial charge in [0.25, 0.3) is 5.91 Å². The van der Waals surface area contributed by atoms with E-state index in [1.165, 1.54) is 6.07 Å². The number of halogens is 1. The molecule has 1 aliphatic rings. The Labute approximate surface area is 101 Å². The molecule has 3 heteroatoms. The first-order valence-corrected chi connectivity index (χ1v) is 6.10. The van der Waals surface area contributed by atoms with Crippen molar-refractivity contribution in [1.29, 1.82) is 0 Å². The van der Waals surface area contributed by atoms with Crippen LogP contribution in [0.25, 0.3) is 0 Å². The van der Waals surface area contributed by atoms with Gasteiger partial charge in [0.1, 0.15) is 5.82 Å². The molecule has 0 aliphatic heterocycles. The molecule has 1 aliphatic carbocycles. The normalized spacial score (nSPS) is 15.1. The predicted molar refractivity (Wildman–Crippen MR) is 65.7 cm³/mol. The fraction of sp³-hybridized carbons (Fsp3) is 0.500. The van der Waals surface area contributed by atoms with E-state index in [0.29, 0.717) is 17.2 Å². The van der Waals surface area contributed by atoms with Gasteiger partial charge in [-0.05, 0) is 48.9 Å². The molecule has 2 nitrogen and oxygen atoms in total. The van der Waals surface area contributed by atoms with E-state index in [9.17, 15) is 9.18 Å². The van der Waals surface area contributed by atoms with E-state index in [-0.39, 0.29) is 17.6 Å². The van der Waals surface area contributed by atoms with Crippen molar-refractivity contribution >= 4 is 5.91 Å². The third-order valence-electron chi connectivity index (χ3n) is 3.18. The summed E-state index contributed by atoms with van der Waals surface area (Å²) in [6.07, 6.45) is 2.08. The average Bonchev–Trinajstić information content (AvgIpc) is 3.05. The summed E-state index contributed by atoms with van der Waals surface area (Å²) in [5.74, 6) is -0.233. The van der Waals surface area contributed by atoms with Gasteiger partial charge in [0.2, 0.25) is 0 Å². The first-order chi connectivity index (χ1) is 7.99. The van der Waals surface area contributed by atoms with Gasteiger partial charge in [0, 0.05) is 11.6 Å². The first kappa shape index (κ1) is 12.1. The number of amides is 1. The summed E-state index contributed by atoms with van der Waals surface area (Å²) < 4.78 is 13.7. The van der Waals surface area contributed by atoms with Crippen molar-refractivity contribution in [2.24, 2.45) is 0 Å². The highest BCUT2D eigenvalue weighted by Gasteiger charge is 2.24. The smallest absolute Gasteiger partial charge is 0.251 e. The van der Waals surface area contributed by atoms with Crippen molar-refractivity contribution in [2.75, 3.05) is 0 Å². The minimum absolute atomic E-state index is 0.159. The summed E-state index contributed by atoms with van der Waals surface area (Å²) in [7, 11) is 0. The Bertz CT molecular complexity index is 450. The summed E-state index contributed by atoms with van der Waals surface area (Å²) >= 11 is 0. The molecule has 0 radical (unpaired) electrons. The van der Waals surface area contributed by atoms with Crippen LogP contribution in [0.1, 0.15) is 54.1 Å². The molecule has 17 heavy (non-hydrogen) atoms. The molecule has 2 rings (SSSR count). The molecule has 1 aromatic rings. The topological polar surface area (TPSA) is 29.1 Å². The van der Waals surface area contributed by atoms with Gasteiger partial charge in [-0.15, -0.1) is 0 Å². The van der Waals surface area contributed by atoms with Crippen LogP contribution in [0.3, 0.4) is 0 Å². The second-order valence-electron chi connectivity index (χ2n) is 5.07. The van der Waals surface area contributed by atoms with Gasteiger partial charge in [-0.25, -0.2) is 4.39 Å². The summed E-state index contributed by atoms with van der Waals surface area (Å²) in [4.78, 5) is 11.9. The van der Waals surface area contributed by atoms with E-state index in [1.54, 1.807) is 13.0 Å². The van der Waals surface area contributed by atoms with Crippen LogP contribution in [0.5, 0.6) is 0 Å². The average molecular weight is 235 g/mol. The van der Waals surface area contributed by atoms with E-state index >= 15 is 0 Å². The van der Waals surface area contributed by atoms with Crippen LogP contribution in [-0.4, -0.2) is 11.9 Å². The van der Waals surface area contributed by atoms with Gasteiger partial charge in [0.05, 0.1) is 0 Å². The maximum Gasteiger partial charge on any atom is 0.251 e. The molecular weight excluding hydrogens is 217 g/mol. The summed E-state index contributed by atoms with van der Waals surface area (Å²) in [6.45, 7) is 5.77. The highest BCUT2D eigenvalue weighted by atomic mass is 19.1. The standard InChI is InChI=1S/C14H18FNO/c1-8(2)12-6-10(7-13(15)9(12)3)14(17)16-11-4-5-11/h6-8,11H,4-5H2,1-3H3,(H,16,17). The molecule has 1 aromatic carbocycles. The van der Waals surface area contributed by atoms with Crippen molar-refractivity contribution in [3.05, 3.63) is 34.6 Å². The Hall–Kier alpha value is -1.38. The third kappa shape index (κ3) is 2.65. The summed E-state index contributed by atoms with van der Waals surface area (Å²) in [5, 5.41) is 2.88. The number of carbonyl (C=O) groups is 1. The SMILES string of the molecule is Cc1c(F)cc(C(=O)NC2CC2)cc1C(C)C. The lowest BCUT2D eigenvalue weighted by molar-refractivity contribution is 0.0950. The third-order valence-corrected chi connectivity index (χ3v) is 3.18. The summed E-state index contributed by atoms with van der Waals surface area (Å²) in [6, 6.07) is 3.44. The lowest BCUT2D eigenvalue weighted by Gasteiger charge is -2.13. The highest BCUT2D eigenvalue weighted by molar-refractivity contribution is 5.94. The molecule has 0 aromatic heterocycles. The number of benzene rings is 1. The van der Waals surface area contributed by atoms with Crippen molar-refractivity contribution in [3.63, 3.8) is 0 Å². The Morgan fingerprint density at radius 3 is 2.59 bits per heavy atom. The second-order valence-corrected chi connectivity index (χ2v) is 5.07. The fourth-order valence-electron chi connectivity index (χ4n) is 1.93. The second kappa shape index (κ2) is 4.47. The molecule has 0 unspecified atom stereocenters. The van der Waals surface area contributed by atoms with E-state index < -0.39 is 0 Å². The molecule has 1 N–H and O–H groups in total.